The first-order chi connectivity index (χ1) is 17.9. The van der Waals surface area contributed by atoms with Gasteiger partial charge < -0.3 is 10.6 Å². The first-order valence-corrected chi connectivity index (χ1v) is 13.9. The molecule has 2 aromatic rings. The van der Waals surface area contributed by atoms with Crippen LogP contribution in [0, 0.1) is 5.92 Å². The fourth-order valence-electron chi connectivity index (χ4n) is 6.49. The minimum atomic E-state index is -0.446. The molecule has 8 nitrogen and oxygen atoms in total. The van der Waals surface area contributed by atoms with Gasteiger partial charge in [-0.25, -0.2) is 14.7 Å². The number of nitrogens with zero attached hydrogens (tertiary/aromatic N) is 4. The Balaban J connectivity index is 1.54. The zero-order chi connectivity index (χ0) is 27.2. The second kappa shape index (κ2) is 9.88. The van der Waals surface area contributed by atoms with Crippen molar-refractivity contribution in [3.05, 3.63) is 41.2 Å². The van der Waals surface area contributed by atoms with Gasteiger partial charge in [-0.1, -0.05) is 30.9 Å². The van der Waals surface area contributed by atoms with E-state index in [1.165, 1.54) is 19.3 Å². The molecule has 3 aliphatic rings. The first-order valence-electron chi connectivity index (χ1n) is 13.9. The van der Waals surface area contributed by atoms with Gasteiger partial charge in [0.15, 0.2) is 5.65 Å². The number of carbonyl (C=O) groups excluding carboxylic acids is 2. The van der Waals surface area contributed by atoms with E-state index >= 15 is 0 Å². The van der Waals surface area contributed by atoms with Crippen LogP contribution in [0.3, 0.4) is 0 Å². The molecule has 2 amide bonds. The average molecular weight is 517 g/mol. The van der Waals surface area contributed by atoms with Crippen LogP contribution in [0.1, 0.15) is 102 Å². The summed E-state index contributed by atoms with van der Waals surface area (Å²) in [6, 6.07) is 2.20. The van der Waals surface area contributed by atoms with Gasteiger partial charge in [0, 0.05) is 23.3 Å². The second-order valence-electron chi connectivity index (χ2n) is 12.5. The number of aliphatic imine (C=N–C) groups is 1. The lowest BCUT2D eigenvalue weighted by atomic mass is 9.82. The molecule has 0 bridgehead atoms. The molecule has 1 unspecified atom stereocenters. The predicted molar refractivity (Wildman–Crippen MR) is 151 cm³/mol. The Kier molecular flexibility index (Phi) is 6.88. The quantitative estimate of drug-likeness (QED) is 0.571. The maximum Gasteiger partial charge on any atom is 0.254 e. The summed E-state index contributed by atoms with van der Waals surface area (Å²) in [6.07, 6.45) is 12.5. The Morgan fingerprint density at radius 2 is 1.89 bits per heavy atom. The number of amides is 2. The molecule has 38 heavy (non-hydrogen) atoms. The highest BCUT2D eigenvalue weighted by molar-refractivity contribution is 6.07. The molecule has 0 radical (unpaired) electrons. The average Bonchev–Trinajstić information content (AvgIpc) is 3.25. The van der Waals surface area contributed by atoms with E-state index in [9.17, 15) is 9.59 Å². The molecule has 1 saturated carbocycles. The third-order valence-electron chi connectivity index (χ3n) is 7.93. The van der Waals surface area contributed by atoms with Crippen LogP contribution in [-0.2, 0) is 4.79 Å². The Morgan fingerprint density at radius 1 is 1.16 bits per heavy atom. The number of dihydropyridines is 1. The van der Waals surface area contributed by atoms with Crippen LogP contribution in [-0.4, -0.2) is 49.9 Å². The lowest BCUT2D eigenvalue weighted by Gasteiger charge is -2.41. The SMILES string of the molecule is CC1=CC(C)=NC(=O)C1CNC(=O)c1cc(C2=CC(C)(C)NC(C)(C)C2)nc2c1cnn2C1CCCCC1. The topological polar surface area (TPSA) is 101 Å². The molecule has 1 atom stereocenters. The van der Waals surface area contributed by atoms with Crippen molar-refractivity contribution in [3.63, 3.8) is 0 Å². The van der Waals surface area contributed by atoms with Crippen molar-refractivity contribution in [1.82, 2.24) is 25.4 Å². The molecular formula is C30H40N6O2. The molecule has 2 aliphatic heterocycles. The molecule has 0 aromatic carbocycles. The van der Waals surface area contributed by atoms with Crippen molar-refractivity contribution in [1.29, 1.82) is 0 Å². The number of rotatable bonds is 5. The van der Waals surface area contributed by atoms with Crippen LogP contribution in [0.2, 0.25) is 0 Å². The number of hydrogen-bond acceptors (Lipinski definition) is 5. The van der Waals surface area contributed by atoms with Gasteiger partial charge in [0.25, 0.3) is 11.8 Å². The van der Waals surface area contributed by atoms with Gasteiger partial charge in [0.05, 0.1) is 34.8 Å². The van der Waals surface area contributed by atoms with E-state index in [0.717, 1.165) is 47.1 Å². The van der Waals surface area contributed by atoms with Gasteiger partial charge in [-0.15, -0.1) is 0 Å². The minimum Gasteiger partial charge on any atom is -0.351 e. The van der Waals surface area contributed by atoms with Gasteiger partial charge in [0.2, 0.25) is 0 Å². The van der Waals surface area contributed by atoms with Gasteiger partial charge in [-0.3, -0.25) is 9.59 Å². The summed E-state index contributed by atoms with van der Waals surface area (Å²) >= 11 is 0. The number of allylic oxidation sites excluding steroid dienone is 1. The molecule has 0 saturated heterocycles. The minimum absolute atomic E-state index is 0.111. The fourth-order valence-corrected chi connectivity index (χ4v) is 6.49. The monoisotopic (exact) mass is 516 g/mol. The van der Waals surface area contributed by atoms with Crippen molar-refractivity contribution in [2.75, 3.05) is 6.54 Å². The zero-order valence-corrected chi connectivity index (χ0v) is 23.5. The number of hydrogen-bond donors (Lipinski definition) is 2. The lowest BCUT2D eigenvalue weighted by Crippen LogP contribution is -2.53. The van der Waals surface area contributed by atoms with Gasteiger partial charge >= 0.3 is 0 Å². The molecule has 1 aliphatic carbocycles. The Labute approximate surface area is 225 Å². The Morgan fingerprint density at radius 3 is 2.58 bits per heavy atom. The third kappa shape index (κ3) is 5.37. The Hall–Kier alpha value is -3.13. The molecule has 8 heteroatoms. The number of nitrogens with one attached hydrogen (secondary N) is 2. The van der Waals surface area contributed by atoms with Crippen molar-refractivity contribution in [2.45, 2.75) is 97.2 Å². The van der Waals surface area contributed by atoms with Crippen molar-refractivity contribution >= 4 is 34.1 Å². The van der Waals surface area contributed by atoms with E-state index in [-0.39, 0.29) is 29.4 Å². The predicted octanol–water partition coefficient (Wildman–Crippen LogP) is 5.16. The number of carbonyl (C=O) groups is 2. The summed E-state index contributed by atoms with van der Waals surface area (Å²) in [4.78, 5) is 35.4. The molecule has 0 spiro atoms. The van der Waals surface area contributed by atoms with Gasteiger partial charge in [0.1, 0.15) is 0 Å². The molecular weight excluding hydrogens is 476 g/mol. The van der Waals surface area contributed by atoms with E-state index in [1.54, 1.807) is 6.20 Å². The molecule has 5 rings (SSSR count). The van der Waals surface area contributed by atoms with E-state index < -0.39 is 5.92 Å². The van der Waals surface area contributed by atoms with E-state index in [1.807, 2.05) is 30.7 Å². The molecule has 2 N–H and O–H groups in total. The molecule has 1 fully saturated rings. The summed E-state index contributed by atoms with van der Waals surface area (Å²) < 4.78 is 2.04. The van der Waals surface area contributed by atoms with Crippen LogP contribution in [0.15, 0.2) is 35.0 Å². The van der Waals surface area contributed by atoms with E-state index in [4.69, 9.17) is 10.1 Å². The van der Waals surface area contributed by atoms with Gasteiger partial charge in [-0.2, -0.15) is 5.10 Å². The highest BCUT2D eigenvalue weighted by Crippen LogP contribution is 2.36. The number of fused-ring (bicyclic) bond motifs is 1. The summed E-state index contributed by atoms with van der Waals surface area (Å²) in [5, 5.41) is 12.2. The second-order valence-corrected chi connectivity index (χ2v) is 12.5. The van der Waals surface area contributed by atoms with Crippen molar-refractivity contribution < 1.29 is 9.59 Å². The number of pyridine rings is 1. The molecule has 2 aromatic heterocycles. The smallest absolute Gasteiger partial charge is 0.254 e. The Bertz CT molecular complexity index is 1370. The zero-order valence-electron chi connectivity index (χ0n) is 23.5. The molecule has 202 valence electrons. The lowest BCUT2D eigenvalue weighted by molar-refractivity contribution is -0.120. The van der Waals surface area contributed by atoms with Gasteiger partial charge in [-0.05, 0) is 78.5 Å². The van der Waals surface area contributed by atoms with Crippen molar-refractivity contribution in [3.8, 4) is 0 Å². The van der Waals surface area contributed by atoms with E-state index in [0.29, 0.717) is 17.3 Å². The number of aromatic nitrogens is 3. The molecule has 4 heterocycles. The maximum atomic E-state index is 13.7. The van der Waals surface area contributed by atoms with Crippen LogP contribution in [0.5, 0.6) is 0 Å². The van der Waals surface area contributed by atoms with Crippen LogP contribution >= 0.6 is 0 Å². The summed E-state index contributed by atoms with van der Waals surface area (Å²) in [5.74, 6) is -0.877. The fraction of sp³-hybridized carbons (Fsp3) is 0.567. The first kappa shape index (κ1) is 26.5. The largest absolute Gasteiger partial charge is 0.351 e. The third-order valence-corrected chi connectivity index (χ3v) is 7.93. The summed E-state index contributed by atoms with van der Waals surface area (Å²) in [7, 11) is 0. The highest BCUT2D eigenvalue weighted by atomic mass is 16.2. The van der Waals surface area contributed by atoms with Crippen molar-refractivity contribution in [2.24, 2.45) is 10.9 Å². The summed E-state index contributed by atoms with van der Waals surface area (Å²) in [6.45, 7) is 12.6. The standard InChI is InChI=1S/C30H40N6O2/c1-18-12-19(2)33-28(38)23(18)16-31-27(37)22-13-25(20-14-29(3,4)35-30(5,6)15-20)34-26-24(22)17-32-36(26)21-10-8-7-9-11-21/h12-14,17,21,23,35H,7-11,15-16H2,1-6H3,(H,31,37). The van der Waals surface area contributed by atoms with Crippen LogP contribution < -0.4 is 10.6 Å². The van der Waals surface area contributed by atoms with Crippen LogP contribution in [0.25, 0.3) is 16.6 Å². The highest BCUT2D eigenvalue weighted by Gasteiger charge is 2.34. The maximum absolute atomic E-state index is 13.7. The summed E-state index contributed by atoms with van der Waals surface area (Å²) in [5.41, 5.74) is 4.55. The van der Waals surface area contributed by atoms with Crippen LogP contribution in [0.4, 0.5) is 0 Å². The normalized spacial score (nSPS) is 23.6. The van der Waals surface area contributed by atoms with E-state index in [2.05, 4.69) is 49.4 Å².